The molecule has 0 aliphatic carbocycles. The lowest BCUT2D eigenvalue weighted by Gasteiger charge is -2.30. The van der Waals surface area contributed by atoms with Gasteiger partial charge in [0.15, 0.2) is 0 Å². The average Bonchev–Trinajstić information content (AvgIpc) is 2.77. The molecular formula is C17H16ClNO. The molecular weight excluding hydrogens is 270 g/mol. The highest BCUT2D eigenvalue weighted by atomic mass is 35.5. The number of nitrogens with zero attached hydrogens (tertiary/aromatic N) is 1. The third-order valence-electron chi connectivity index (χ3n) is 4.22. The maximum atomic E-state index is 6.36. The fourth-order valence-electron chi connectivity index (χ4n) is 3.30. The van der Waals surface area contributed by atoms with Gasteiger partial charge in [-0.15, -0.1) is 0 Å². The van der Waals surface area contributed by atoms with E-state index < -0.39 is 0 Å². The summed E-state index contributed by atoms with van der Waals surface area (Å²) in [5.41, 5.74) is 5.04. The third-order valence-corrected chi connectivity index (χ3v) is 4.56. The molecule has 2 aliphatic heterocycles. The van der Waals surface area contributed by atoms with E-state index >= 15 is 0 Å². The number of hydrogen-bond donors (Lipinski definition) is 0. The number of hydrogen-bond acceptors (Lipinski definition) is 2. The molecule has 2 aromatic carbocycles. The molecule has 1 fully saturated rings. The van der Waals surface area contributed by atoms with Gasteiger partial charge in [0.05, 0.1) is 17.8 Å². The van der Waals surface area contributed by atoms with Gasteiger partial charge in [0, 0.05) is 17.9 Å². The van der Waals surface area contributed by atoms with Crippen LogP contribution in [-0.4, -0.2) is 6.10 Å². The highest BCUT2D eigenvalue weighted by molar-refractivity contribution is 6.31. The van der Waals surface area contributed by atoms with E-state index in [9.17, 15) is 0 Å². The second kappa shape index (κ2) is 4.51. The van der Waals surface area contributed by atoms with Gasteiger partial charge >= 0.3 is 0 Å². The molecule has 1 saturated heterocycles. The van der Waals surface area contributed by atoms with E-state index in [4.69, 9.17) is 16.4 Å². The monoisotopic (exact) mass is 285 g/mol. The lowest BCUT2D eigenvalue weighted by atomic mass is 10.00. The Balaban J connectivity index is 1.79. The summed E-state index contributed by atoms with van der Waals surface area (Å²) in [6.07, 6.45) is 2.26. The summed E-state index contributed by atoms with van der Waals surface area (Å²) >= 11 is 6.36. The first-order valence-corrected chi connectivity index (χ1v) is 7.40. The number of anilines is 1. The van der Waals surface area contributed by atoms with E-state index in [0.29, 0.717) is 0 Å². The Morgan fingerprint density at radius 2 is 2.05 bits per heavy atom. The van der Waals surface area contributed by atoms with Crippen LogP contribution in [0.4, 0.5) is 5.69 Å². The maximum Gasteiger partial charge on any atom is 0.0921 e. The fraction of sp³-hybridized carbons (Fsp3) is 0.294. The van der Waals surface area contributed by atoms with Gasteiger partial charge in [-0.2, -0.15) is 0 Å². The van der Waals surface area contributed by atoms with Crippen molar-refractivity contribution in [2.24, 2.45) is 0 Å². The molecule has 20 heavy (non-hydrogen) atoms. The lowest BCUT2D eigenvalue weighted by Crippen LogP contribution is -2.27. The van der Waals surface area contributed by atoms with Crippen LogP contribution in [0.3, 0.4) is 0 Å². The molecule has 0 spiro atoms. The second-order valence-corrected chi connectivity index (χ2v) is 6.07. The minimum Gasteiger partial charge on any atom is -0.269 e. The Morgan fingerprint density at radius 1 is 1.20 bits per heavy atom. The van der Waals surface area contributed by atoms with Crippen LogP contribution in [0.15, 0.2) is 42.5 Å². The van der Waals surface area contributed by atoms with Gasteiger partial charge in [0.25, 0.3) is 0 Å². The van der Waals surface area contributed by atoms with E-state index in [1.165, 1.54) is 16.8 Å². The van der Waals surface area contributed by atoms with Crippen molar-refractivity contribution < 1.29 is 4.84 Å². The highest BCUT2D eigenvalue weighted by Gasteiger charge is 2.40. The molecule has 0 aromatic heterocycles. The van der Waals surface area contributed by atoms with Crippen LogP contribution >= 0.6 is 11.6 Å². The van der Waals surface area contributed by atoms with E-state index in [0.717, 1.165) is 23.4 Å². The molecule has 2 nitrogen and oxygen atoms in total. The van der Waals surface area contributed by atoms with Crippen molar-refractivity contribution in [3.05, 3.63) is 64.2 Å². The number of hydroxylamine groups is 1. The summed E-state index contributed by atoms with van der Waals surface area (Å²) in [4.78, 5) is 6.06. The molecule has 2 aromatic rings. The zero-order chi connectivity index (χ0) is 13.7. The smallest absolute Gasteiger partial charge is 0.0921 e. The van der Waals surface area contributed by atoms with Gasteiger partial charge in [0.2, 0.25) is 0 Å². The van der Waals surface area contributed by atoms with Gasteiger partial charge in [0.1, 0.15) is 0 Å². The molecule has 2 bridgehead atoms. The number of fused-ring (bicyclic) bond motifs is 4. The number of rotatable bonds is 1. The Hall–Kier alpha value is -1.51. The molecule has 0 saturated carbocycles. The second-order valence-electron chi connectivity index (χ2n) is 5.66. The predicted octanol–water partition coefficient (Wildman–Crippen LogP) is 4.46. The first-order chi connectivity index (χ1) is 9.72. The number of aryl methyl sites for hydroxylation is 1. The molecule has 3 heteroatoms. The van der Waals surface area contributed by atoms with E-state index in [1.54, 1.807) is 0 Å². The molecule has 102 valence electrons. The van der Waals surface area contributed by atoms with Crippen LogP contribution < -0.4 is 5.06 Å². The molecule has 0 radical (unpaired) electrons. The van der Waals surface area contributed by atoms with Crippen molar-refractivity contribution in [1.29, 1.82) is 0 Å². The highest BCUT2D eigenvalue weighted by Crippen LogP contribution is 2.46. The van der Waals surface area contributed by atoms with E-state index in [1.807, 2.05) is 18.2 Å². The minimum atomic E-state index is 0.220. The molecule has 4 rings (SSSR count). The zero-order valence-corrected chi connectivity index (χ0v) is 12.1. The van der Waals surface area contributed by atoms with Crippen LogP contribution in [0.25, 0.3) is 0 Å². The average molecular weight is 286 g/mol. The van der Waals surface area contributed by atoms with E-state index in [-0.39, 0.29) is 12.1 Å². The lowest BCUT2D eigenvalue weighted by molar-refractivity contribution is 0.0734. The van der Waals surface area contributed by atoms with Crippen LogP contribution in [0.1, 0.15) is 29.2 Å². The minimum absolute atomic E-state index is 0.220. The van der Waals surface area contributed by atoms with Crippen molar-refractivity contribution >= 4 is 17.3 Å². The zero-order valence-electron chi connectivity index (χ0n) is 11.3. The summed E-state index contributed by atoms with van der Waals surface area (Å²) in [5, 5.41) is 2.88. The molecule has 2 atom stereocenters. The standard InChI is InChI=1S/C17H16ClNO/c1-11-6-7-16-12(8-11)9-13-10-17(19(16)20-13)14-4-2-3-5-15(14)18/h2-8,13,17H,9-10H2,1H3/t13-,17+/m1/s1. The van der Waals surface area contributed by atoms with Crippen LogP contribution in [0.5, 0.6) is 0 Å². The Bertz CT molecular complexity index is 670. The summed E-state index contributed by atoms with van der Waals surface area (Å²) in [5.74, 6) is 0. The summed E-state index contributed by atoms with van der Waals surface area (Å²) in [7, 11) is 0. The third kappa shape index (κ3) is 1.83. The SMILES string of the molecule is Cc1ccc2c(c1)C[C@@H]1C[C@@H](c3ccccc3Cl)N2O1. The Kier molecular flexibility index (Phi) is 2.76. The summed E-state index contributed by atoms with van der Waals surface area (Å²) in [6, 6.07) is 14.9. The molecule has 2 heterocycles. The fourth-order valence-corrected chi connectivity index (χ4v) is 3.57. The Morgan fingerprint density at radius 3 is 2.90 bits per heavy atom. The first-order valence-electron chi connectivity index (χ1n) is 7.02. The van der Waals surface area contributed by atoms with Gasteiger partial charge in [-0.05, 0) is 30.2 Å². The molecule has 2 aliphatic rings. The van der Waals surface area contributed by atoms with Crippen LogP contribution in [-0.2, 0) is 11.3 Å². The molecule has 0 unspecified atom stereocenters. The van der Waals surface area contributed by atoms with Crippen LogP contribution in [0.2, 0.25) is 5.02 Å². The van der Waals surface area contributed by atoms with Gasteiger partial charge in [-0.3, -0.25) is 4.84 Å². The molecule has 0 N–H and O–H groups in total. The predicted molar refractivity (Wildman–Crippen MR) is 81.0 cm³/mol. The maximum absolute atomic E-state index is 6.36. The quantitative estimate of drug-likeness (QED) is 0.767. The number of benzene rings is 2. The van der Waals surface area contributed by atoms with Gasteiger partial charge in [-0.25, -0.2) is 5.06 Å². The number of halogens is 1. The van der Waals surface area contributed by atoms with Gasteiger partial charge in [-0.1, -0.05) is 47.5 Å². The van der Waals surface area contributed by atoms with Crippen LogP contribution in [0, 0.1) is 6.92 Å². The van der Waals surface area contributed by atoms with Crippen molar-refractivity contribution in [3.8, 4) is 0 Å². The summed E-state index contributed by atoms with van der Waals surface area (Å²) in [6.45, 7) is 2.14. The van der Waals surface area contributed by atoms with Crippen molar-refractivity contribution in [2.75, 3.05) is 5.06 Å². The summed E-state index contributed by atoms with van der Waals surface area (Å²) < 4.78 is 0. The van der Waals surface area contributed by atoms with Crippen molar-refractivity contribution in [3.63, 3.8) is 0 Å². The van der Waals surface area contributed by atoms with Crippen molar-refractivity contribution in [2.45, 2.75) is 31.9 Å². The topological polar surface area (TPSA) is 12.5 Å². The Labute approximate surface area is 123 Å². The first kappa shape index (κ1) is 12.2. The van der Waals surface area contributed by atoms with E-state index in [2.05, 4.69) is 36.3 Å². The normalized spacial score (nSPS) is 23.8. The molecule has 0 amide bonds. The van der Waals surface area contributed by atoms with Gasteiger partial charge < -0.3 is 0 Å². The van der Waals surface area contributed by atoms with Crippen molar-refractivity contribution in [1.82, 2.24) is 0 Å². The largest absolute Gasteiger partial charge is 0.269 e.